The lowest BCUT2D eigenvalue weighted by molar-refractivity contribution is -0.144. The summed E-state index contributed by atoms with van der Waals surface area (Å²) in [7, 11) is 1.10. The second-order valence-corrected chi connectivity index (χ2v) is 9.96. The van der Waals surface area contributed by atoms with Crippen molar-refractivity contribution in [1.82, 2.24) is 21.3 Å². The van der Waals surface area contributed by atoms with Crippen LogP contribution in [0.5, 0.6) is 0 Å². The predicted molar refractivity (Wildman–Crippen MR) is 153 cm³/mol. The molecule has 3 unspecified atom stereocenters. The Hall–Kier alpha value is -5.14. The van der Waals surface area contributed by atoms with Gasteiger partial charge in [0.1, 0.15) is 23.9 Å². The molecule has 0 aliphatic rings. The van der Waals surface area contributed by atoms with Crippen molar-refractivity contribution in [2.45, 2.75) is 45.3 Å². The minimum atomic E-state index is -1.43. The van der Waals surface area contributed by atoms with Crippen LogP contribution in [0, 0.1) is 11.7 Å². The van der Waals surface area contributed by atoms with Crippen molar-refractivity contribution < 1.29 is 47.4 Å². The van der Waals surface area contributed by atoms with Crippen LogP contribution in [0.2, 0.25) is 0 Å². The predicted octanol–water partition coefficient (Wildman–Crippen LogP) is 0.675. The Labute approximate surface area is 253 Å². The van der Waals surface area contributed by atoms with Gasteiger partial charge in [-0.1, -0.05) is 32.0 Å². The molecule has 2 rings (SSSR count). The van der Waals surface area contributed by atoms with Crippen LogP contribution in [-0.2, 0) is 33.4 Å². The number of carbonyl (C=O) groups is 7. The Bertz CT molecular complexity index is 1350. The Kier molecular flexibility index (Phi) is 13.6. The molecule has 2 aromatic carbocycles. The first-order valence-electron chi connectivity index (χ1n) is 13.6. The van der Waals surface area contributed by atoms with Crippen molar-refractivity contribution in [2.24, 2.45) is 5.92 Å². The number of Topliss-reactive ketones (excluding diaryl/α,β-unsaturated/α-hetero) is 1. The minimum absolute atomic E-state index is 0.135. The van der Waals surface area contributed by atoms with E-state index in [1.54, 1.807) is 32.0 Å². The molecular weight excluding hydrogens is 579 g/mol. The molecule has 13 nitrogen and oxygen atoms in total. The highest BCUT2D eigenvalue weighted by Gasteiger charge is 2.30. The van der Waals surface area contributed by atoms with Crippen LogP contribution in [0.15, 0.2) is 54.6 Å². The minimum Gasteiger partial charge on any atom is -0.469 e. The second kappa shape index (κ2) is 17.1. The third-order valence-electron chi connectivity index (χ3n) is 6.19. The molecule has 2 aromatic rings. The van der Waals surface area contributed by atoms with Crippen LogP contribution in [-0.4, -0.2) is 79.7 Å². The van der Waals surface area contributed by atoms with E-state index in [-0.39, 0.29) is 11.1 Å². The molecule has 4 amide bonds. The molecule has 0 bridgehead atoms. The topological polar surface area (TPSA) is 186 Å². The lowest BCUT2D eigenvalue weighted by Crippen LogP contribution is -2.57. The van der Waals surface area contributed by atoms with Crippen LogP contribution >= 0.6 is 0 Å². The van der Waals surface area contributed by atoms with Gasteiger partial charge in [0.05, 0.1) is 25.6 Å². The first-order chi connectivity index (χ1) is 20.8. The van der Waals surface area contributed by atoms with E-state index in [0.717, 1.165) is 19.2 Å². The van der Waals surface area contributed by atoms with Gasteiger partial charge in [-0.25, -0.2) is 9.18 Å². The summed E-state index contributed by atoms with van der Waals surface area (Å²) in [6.07, 6.45) is -0.557. The maximum atomic E-state index is 13.1. The van der Waals surface area contributed by atoms with Gasteiger partial charge < -0.3 is 30.7 Å². The number of halogens is 1. The molecule has 0 spiro atoms. The molecule has 0 radical (unpaired) electrons. The number of methoxy groups -OCH3 is 1. The fraction of sp³-hybridized carbons (Fsp3) is 0.367. The molecule has 0 fully saturated rings. The average Bonchev–Trinajstić information content (AvgIpc) is 3.00. The van der Waals surface area contributed by atoms with Gasteiger partial charge in [-0.2, -0.15) is 0 Å². The molecule has 0 saturated carbocycles. The fourth-order valence-corrected chi connectivity index (χ4v) is 3.68. The number of amides is 4. The molecule has 44 heavy (non-hydrogen) atoms. The number of rotatable bonds is 15. The molecule has 0 aliphatic heterocycles. The highest BCUT2D eigenvalue weighted by Crippen LogP contribution is 2.06. The van der Waals surface area contributed by atoms with Crippen molar-refractivity contribution in [3.63, 3.8) is 0 Å². The standard InChI is InChI=1S/C30H35FN4O9/c1-17(2)26(35-24(37)15-32-28(40)19-10-12-21(31)13-11-19)29(41)33-18(3)27(39)34-22(14-25(38)43-4)23(36)16-44-30(42)20-8-6-5-7-9-20/h5-13,17-18,22,26H,14-16H2,1-4H3,(H,32,40)(H,33,41)(H,34,39)(H,35,37). The third-order valence-corrected chi connectivity index (χ3v) is 6.19. The summed E-state index contributed by atoms with van der Waals surface area (Å²) in [5.41, 5.74) is 0.336. The van der Waals surface area contributed by atoms with E-state index in [9.17, 15) is 38.0 Å². The number of esters is 2. The molecule has 3 atom stereocenters. The van der Waals surface area contributed by atoms with E-state index in [4.69, 9.17) is 4.74 Å². The van der Waals surface area contributed by atoms with Crippen molar-refractivity contribution in [3.05, 3.63) is 71.5 Å². The van der Waals surface area contributed by atoms with Crippen LogP contribution < -0.4 is 21.3 Å². The Morgan fingerprint density at radius 2 is 1.43 bits per heavy atom. The van der Waals surface area contributed by atoms with E-state index >= 15 is 0 Å². The quantitative estimate of drug-likeness (QED) is 0.209. The Balaban J connectivity index is 1.95. The molecule has 0 aromatic heterocycles. The van der Waals surface area contributed by atoms with Crippen molar-refractivity contribution in [3.8, 4) is 0 Å². The van der Waals surface area contributed by atoms with Gasteiger partial charge in [0, 0.05) is 5.56 Å². The third kappa shape index (κ3) is 11.3. The van der Waals surface area contributed by atoms with Gasteiger partial charge in [0.15, 0.2) is 12.4 Å². The molecular formula is C30H35FN4O9. The molecule has 4 N–H and O–H groups in total. The zero-order valence-electron chi connectivity index (χ0n) is 24.7. The maximum absolute atomic E-state index is 13.1. The fourth-order valence-electron chi connectivity index (χ4n) is 3.68. The van der Waals surface area contributed by atoms with E-state index in [1.165, 1.54) is 31.2 Å². The molecule has 14 heteroatoms. The van der Waals surface area contributed by atoms with Gasteiger partial charge in [0.2, 0.25) is 17.7 Å². The second-order valence-electron chi connectivity index (χ2n) is 9.96. The number of hydrogen-bond donors (Lipinski definition) is 4. The van der Waals surface area contributed by atoms with Gasteiger partial charge in [-0.15, -0.1) is 0 Å². The number of benzene rings is 2. The number of ether oxygens (including phenoxy) is 2. The zero-order chi connectivity index (χ0) is 32.8. The average molecular weight is 615 g/mol. The van der Waals surface area contributed by atoms with Crippen LogP contribution in [0.4, 0.5) is 4.39 Å². The SMILES string of the molecule is COC(=O)CC(NC(=O)C(C)NC(=O)C(NC(=O)CNC(=O)c1ccc(F)cc1)C(C)C)C(=O)COC(=O)c1ccccc1. The lowest BCUT2D eigenvalue weighted by atomic mass is 10.0. The maximum Gasteiger partial charge on any atom is 0.338 e. The van der Waals surface area contributed by atoms with Crippen LogP contribution in [0.3, 0.4) is 0 Å². The summed E-state index contributed by atoms with van der Waals surface area (Å²) in [4.78, 5) is 87.3. The Morgan fingerprint density at radius 3 is 2.02 bits per heavy atom. The molecule has 0 saturated heterocycles. The molecule has 236 valence electrons. The zero-order valence-corrected chi connectivity index (χ0v) is 24.7. The van der Waals surface area contributed by atoms with E-state index < -0.39 is 90.8 Å². The van der Waals surface area contributed by atoms with E-state index in [1.807, 2.05) is 0 Å². The summed E-state index contributed by atoms with van der Waals surface area (Å²) in [5.74, 6) is -6.23. The number of hydrogen-bond acceptors (Lipinski definition) is 9. The highest BCUT2D eigenvalue weighted by molar-refractivity contribution is 5.99. The van der Waals surface area contributed by atoms with Crippen LogP contribution in [0.1, 0.15) is 47.9 Å². The van der Waals surface area contributed by atoms with Gasteiger partial charge in [0.25, 0.3) is 5.91 Å². The first-order valence-corrected chi connectivity index (χ1v) is 13.6. The summed E-state index contributed by atoms with van der Waals surface area (Å²) < 4.78 is 22.7. The van der Waals surface area contributed by atoms with Crippen molar-refractivity contribution in [1.29, 1.82) is 0 Å². The summed E-state index contributed by atoms with van der Waals surface area (Å²) in [6, 6.07) is 8.82. The van der Waals surface area contributed by atoms with E-state index in [0.29, 0.717) is 0 Å². The van der Waals surface area contributed by atoms with Crippen molar-refractivity contribution in [2.75, 3.05) is 20.3 Å². The smallest absolute Gasteiger partial charge is 0.338 e. The van der Waals surface area contributed by atoms with Gasteiger partial charge >= 0.3 is 11.9 Å². The molecule has 0 aliphatic carbocycles. The Morgan fingerprint density at radius 1 is 0.795 bits per heavy atom. The van der Waals surface area contributed by atoms with Gasteiger partial charge in [-0.05, 0) is 49.2 Å². The number of carbonyl (C=O) groups excluding carboxylic acids is 7. The first kappa shape index (κ1) is 35.1. The lowest BCUT2D eigenvalue weighted by Gasteiger charge is -2.25. The van der Waals surface area contributed by atoms with Crippen molar-refractivity contribution >= 4 is 41.4 Å². The summed E-state index contributed by atoms with van der Waals surface area (Å²) >= 11 is 0. The normalized spacial score (nSPS) is 12.6. The number of nitrogens with one attached hydrogen (secondary N) is 4. The van der Waals surface area contributed by atoms with E-state index in [2.05, 4.69) is 26.0 Å². The summed E-state index contributed by atoms with van der Waals surface area (Å²) in [6.45, 7) is 3.40. The summed E-state index contributed by atoms with van der Waals surface area (Å²) in [5, 5.41) is 9.66. The van der Waals surface area contributed by atoms with Crippen LogP contribution in [0.25, 0.3) is 0 Å². The number of ketones is 1. The monoisotopic (exact) mass is 614 g/mol. The van der Waals surface area contributed by atoms with Gasteiger partial charge in [-0.3, -0.25) is 28.8 Å². The highest BCUT2D eigenvalue weighted by atomic mass is 19.1. The molecule has 0 heterocycles. The largest absolute Gasteiger partial charge is 0.469 e.